The zero-order chi connectivity index (χ0) is 14.7. The topological polar surface area (TPSA) is 20.2 Å². The average molecular weight is 394 g/mol. The lowest BCUT2D eigenvalue weighted by atomic mass is 10.0. The quantitative estimate of drug-likeness (QED) is 0.138. The van der Waals surface area contributed by atoms with Crippen LogP contribution in [0.25, 0.3) is 0 Å². The molecule has 20 heavy (non-hydrogen) atoms. The fourth-order valence-corrected chi connectivity index (χ4v) is 2.97. The lowest BCUT2D eigenvalue weighted by Gasteiger charge is -2.02. The summed E-state index contributed by atoms with van der Waals surface area (Å²) in [5.74, 6) is 0. The van der Waals surface area contributed by atoms with Crippen molar-refractivity contribution >= 4 is 22.6 Å². The summed E-state index contributed by atoms with van der Waals surface area (Å²) in [6.45, 7) is 0.286. The highest BCUT2D eigenvalue weighted by atomic mass is 127. The Morgan fingerprint density at radius 2 is 0.950 bits per heavy atom. The first-order chi connectivity index (χ1) is 9.91. The van der Waals surface area contributed by atoms with Crippen molar-refractivity contribution in [2.75, 3.05) is 11.0 Å². The zero-order valence-electron chi connectivity index (χ0n) is 13.3. The molecule has 0 aliphatic heterocycles. The fraction of sp³-hybridized carbons (Fsp3) is 0.889. The van der Waals surface area contributed by atoms with E-state index in [9.17, 15) is 0 Å². The Morgan fingerprint density at radius 1 is 0.550 bits per heavy atom. The second-order valence-corrected chi connectivity index (χ2v) is 6.78. The number of unbranched alkanes of at least 4 members (excludes halogenated alkanes) is 12. The summed E-state index contributed by atoms with van der Waals surface area (Å²) in [7, 11) is 0. The van der Waals surface area contributed by atoms with Gasteiger partial charge >= 0.3 is 0 Å². The Kier molecular flexibility index (Phi) is 19.8. The van der Waals surface area contributed by atoms with E-state index in [0.717, 1.165) is 6.42 Å². The smallest absolute Gasteiger partial charge is 0.0465 e. The van der Waals surface area contributed by atoms with Crippen LogP contribution in [-0.2, 0) is 0 Å². The maximum absolute atomic E-state index is 8.63. The van der Waals surface area contributed by atoms with Crippen LogP contribution in [0.2, 0.25) is 0 Å². The number of halogens is 1. The molecule has 2 heteroatoms. The van der Waals surface area contributed by atoms with Gasteiger partial charge in [0.25, 0.3) is 0 Å². The molecule has 0 saturated carbocycles. The Hall–Kier alpha value is 0.430. The number of aliphatic hydroxyl groups is 1. The van der Waals surface area contributed by atoms with Gasteiger partial charge < -0.3 is 5.11 Å². The van der Waals surface area contributed by atoms with Crippen molar-refractivity contribution in [2.24, 2.45) is 0 Å². The number of rotatable bonds is 16. The van der Waals surface area contributed by atoms with Crippen LogP contribution in [0.4, 0.5) is 0 Å². The van der Waals surface area contributed by atoms with Crippen LogP contribution < -0.4 is 0 Å². The summed E-state index contributed by atoms with van der Waals surface area (Å²) >= 11 is 2.47. The molecule has 1 N–H and O–H groups in total. The minimum Gasteiger partial charge on any atom is -0.396 e. The van der Waals surface area contributed by atoms with Crippen LogP contribution in [0.15, 0.2) is 12.2 Å². The van der Waals surface area contributed by atoms with Gasteiger partial charge in [0.1, 0.15) is 0 Å². The first-order valence-electron chi connectivity index (χ1n) is 8.73. The van der Waals surface area contributed by atoms with Crippen LogP contribution in [0, 0.1) is 0 Å². The first-order valence-corrected chi connectivity index (χ1v) is 10.3. The first kappa shape index (κ1) is 20.4. The van der Waals surface area contributed by atoms with Crippen LogP contribution in [0.1, 0.15) is 89.9 Å². The lowest BCUT2D eigenvalue weighted by molar-refractivity contribution is 0.302. The van der Waals surface area contributed by atoms with E-state index >= 15 is 0 Å². The summed E-state index contributed by atoms with van der Waals surface area (Å²) in [6.07, 6.45) is 23.4. The second-order valence-electron chi connectivity index (χ2n) is 5.70. The summed E-state index contributed by atoms with van der Waals surface area (Å²) in [5, 5.41) is 8.63. The zero-order valence-corrected chi connectivity index (χ0v) is 15.5. The molecule has 0 aromatic heterocycles. The molecule has 0 aromatic rings. The molecule has 1 nitrogen and oxygen atoms in total. The van der Waals surface area contributed by atoms with Crippen LogP contribution >= 0.6 is 22.6 Å². The average Bonchev–Trinajstić information content (AvgIpc) is 2.47. The predicted octanol–water partition coefficient (Wildman–Crippen LogP) is 6.43. The third-order valence-electron chi connectivity index (χ3n) is 3.72. The number of alkyl halides is 1. The van der Waals surface area contributed by atoms with E-state index in [1.807, 2.05) is 0 Å². The highest BCUT2D eigenvalue weighted by Gasteiger charge is 1.93. The highest BCUT2D eigenvalue weighted by Crippen LogP contribution is 2.12. The van der Waals surface area contributed by atoms with Crippen molar-refractivity contribution in [1.82, 2.24) is 0 Å². The maximum atomic E-state index is 8.63. The molecule has 0 fully saturated rings. The van der Waals surface area contributed by atoms with E-state index < -0.39 is 0 Å². The maximum Gasteiger partial charge on any atom is 0.0465 e. The van der Waals surface area contributed by atoms with E-state index in [1.54, 1.807) is 0 Å². The molecule has 0 atom stereocenters. The molecule has 0 rings (SSSR count). The number of hydrogen-bond donors (Lipinski definition) is 1. The molecule has 0 saturated heterocycles. The van der Waals surface area contributed by atoms with Gasteiger partial charge in [-0.15, -0.1) is 0 Å². The Morgan fingerprint density at radius 3 is 1.40 bits per heavy atom. The largest absolute Gasteiger partial charge is 0.396 e. The molecule has 0 amide bonds. The molecule has 0 heterocycles. The van der Waals surface area contributed by atoms with Gasteiger partial charge in [-0.1, -0.05) is 99.0 Å². The van der Waals surface area contributed by atoms with Crippen molar-refractivity contribution < 1.29 is 5.11 Å². The van der Waals surface area contributed by atoms with Gasteiger partial charge in [-0.2, -0.15) is 0 Å². The van der Waals surface area contributed by atoms with Crippen LogP contribution in [0.3, 0.4) is 0 Å². The van der Waals surface area contributed by atoms with E-state index in [4.69, 9.17) is 5.11 Å². The van der Waals surface area contributed by atoms with E-state index in [0.29, 0.717) is 0 Å². The van der Waals surface area contributed by atoms with Crippen molar-refractivity contribution in [3.05, 3.63) is 12.2 Å². The summed E-state index contributed by atoms with van der Waals surface area (Å²) in [4.78, 5) is 0. The summed E-state index contributed by atoms with van der Waals surface area (Å²) < 4.78 is 1.33. The minimum absolute atomic E-state index is 0.286. The van der Waals surface area contributed by atoms with Crippen molar-refractivity contribution in [1.29, 1.82) is 0 Å². The number of aliphatic hydroxyl groups excluding tert-OH is 1. The summed E-state index contributed by atoms with van der Waals surface area (Å²) in [6, 6.07) is 0. The Labute approximate surface area is 140 Å². The van der Waals surface area contributed by atoms with Gasteiger partial charge in [-0.25, -0.2) is 0 Å². The van der Waals surface area contributed by atoms with Crippen molar-refractivity contribution in [3.63, 3.8) is 0 Å². The van der Waals surface area contributed by atoms with E-state index in [2.05, 4.69) is 34.7 Å². The lowest BCUT2D eigenvalue weighted by Crippen LogP contribution is -1.83. The van der Waals surface area contributed by atoms with Crippen LogP contribution in [0.5, 0.6) is 0 Å². The molecule has 0 spiro atoms. The molecule has 0 aromatic carbocycles. The second kappa shape index (κ2) is 19.4. The normalized spacial score (nSPS) is 11.5. The SMILES string of the molecule is OCC/C=C\CCCCCCCCCCCCCCI. The number of hydrogen-bond acceptors (Lipinski definition) is 1. The van der Waals surface area contributed by atoms with Crippen LogP contribution in [-0.4, -0.2) is 16.1 Å². The summed E-state index contributed by atoms with van der Waals surface area (Å²) in [5.41, 5.74) is 0. The molecule has 0 unspecified atom stereocenters. The molecule has 0 aliphatic carbocycles. The van der Waals surface area contributed by atoms with Gasteiger partial charge in [0.05, 0.1) is 0 Å². The van der Waals surface area contributed by atoms with Gasteiger partial charge in [0.2, 0.25) is 0 Å². The van der Waals surface area contributed by atoms with Crippen molar-refractivity contribution in [3.8, 4) is 0 Å². The molecule has 0 radical (unpaired) electrons. The highest BCUT2D eigenvalue weighted by molar-refractivity contribution is 14.1. The molecule has 0 bridgehead atoms. The predicted molar refractivity (Wildman–Crippen MR) is 99.8 cm³/mol. The standard InChI is InChI=1S/C18H35IO/c19-17-15-13-11-9-7-5-3-1-2-4-6-8-10-12-14-16-18-20/h12,14,20H,1-11,13,15-18H2/b14-12-. The third-order valence-corrected chi connectivity index (χ3v) is 4.48. The number of allylic oxidation sites excluding steroid dienone is 1. The van der Waals surface area contributed by atoms with Gasteiger partial charge in [0.15, 0.2) is 0 Å². The monoisotopic (exact) mass is 394 g/mol. The Bertz CT molecular complexity index is 192. The van der Waals surface area contributed by atoms with Gasteiger partial charge in [-0.05, 0) is 30.1 Å². The fourth-order valence-electron chi connectivity index (χ4n) is 2.43. The Balaban J connectivity index is 2.96. The van der Waals surface area contributed by atoms with E-state index in [1.165, 1.54) is 87.9 Å². The molecule has 0 aliphatic rings. The van der Waals surface area contributed by atoms with Gasteiger partial charge in [-0.3, -0.25) is 0 Å². The molecular formula is C18H35IO. The molecular weight excluding hydrogens is 359 g/mol. The van der Waals surface area contributed by atoms with E-state index in [-0.39, 0.29) is 6.61 Å². The third kappa shape index (κ3) is 18.4. The molecule has 120 valence electrons. The van der Waals surface area contributed by atoms with Crippen molar-refractivity contribution in [2.45, 2.75) is 89.9 Å². The van der Waals surface area contributed by atoms with Gasteiger partial charge in [0, 0.05) is 6.61 Å². The minimum atomic E-state index is 0.286.